The third-order valence-electron chi connectivity index (χ3n) is 2.20. The fourth-order valence-corrected chi connectivity index (χ4v) is 1.33. The van der Waals surface area contributed by atoms with Crippen molar-refractivity contribution in [1.82, 2.24) is 10.6 Å². The summed E-state index contributed by atoms with van der Waals surface area (Å²) in [7, 11) is 1.60. The van der Waals surface area contributed by atoms with Crippen LogP contribution in [0.4, 0.5) is 0 Å². The molecular weight excluding hydrogens is 224 g/mol. The minimum Gasteiger partial charge on any atom is -0.481 e. The SMILES string of the molecule is COCCNCC(=O)NC(C)CCCC(=O)O. The van der Waals surface area contributed by atoms with Crippen LogP contribution < -0.4 is 10.6 Å². The molecule has 1 unspecified atom stereocenters. The monoisotopic (exact) mass is 246 g/mol. The lowest BCUT2D eigenvalue weighted by Crippen LogP contribution is -2.39. The number of carbonyl (C=O) groups is 2. The van der Waals surface area contributed by atoms with Gasteiger partial charge in [0.05, 0.1) is 13.2 Å². The number of aliphatic carboxylic acids is 1. The Morgan fingerprint density at radius 2 is 2.12 bits per heavy atom. The number of carboxylic acids is 1. The largest absolute Gasteiger partial charge is 0.481 e. The van der Waals surface area contributed by atoms with Gasteiger partial charge in [0, 0.05) is 26.1 Å². The third-order valence-corrected chi connectivity index (χ3v) is 2.20. The Bertz CT molecular complexity index is 234. The van der Waals surface area contributed by atoms with Crippen molar-refractivity contribution >= 4 is 11.9 Å². The van der Waals surface area contributed by atoms with Crippen molar-refractivity contribution in [2.75, 3.05) is 26.8 Å². The number of hydrogen-bond donors (Lipinski definition) is 3. The maximum atomic E-state index is 11.4. The normalized spacial score (nSPS) is 12.1. The zero-order chi connectivity index (χ0) is 13.1. The Balaban J connectivity index is 3.48. The molecule has 0 radical (unpaired) electrons. The lowest BCUT2D eigenvalue weighted by Gasteiger charge is -2.13. The third kappa shape index (κ3) is 11.1. The van der Waals surface area contributed by atoms with Gasteiger partial charge < -0.3 is 20.5 Å². The maximum Gasteiger partial charge on any atom is 0.303 e. The quantitative estimate of drug-likeness (QED) is 0.472. The summed E-state index contributed by atoms with van der Waals surface area (Å²) in [5.74, 6) is -0.881. The summed E-state index contributed by atoms with van der Waals surface area (Å²) in [6.45, 7) is 3.33. The lowest BCUT2D eigenvalue weighted by atomic mass is 10.1. The number of amides is 1. The molecular formula is C11H22N2O4. The van der Waals surface area contributed by atoms with Gasteiger partial charge in [0.15, 0.2) is 0 Å². The van der Waals surface area contributed by atoms with Crippen molar-refractivity contribution in [1.29, 1.82) is 0 Å². The number of hydrogen-bond acceptors (Lipinski definition) is 4. The molecule has 3 N–H and O–H groups in total. The molecule has 1 amide bonds. The molecule has 100 valence electrons. The van der Waals surface area contributed by atoms with Crippen molar-refractivity contribution in [2.24, 2.45) is 0 Å². The Morgan fingerprint density at radius 3 is 2.71 bits per heavy atom. The van der Waals surface area contributed by atoms with E-state index in [2.05, 4.69) is 10.6 Å². The number of nitrogens with one attached hydrogen (secondary N) is 2. The number of ether oxygens (including phenoxy) is 1. The van der Waals surface area contributed by atoms with Gasteiger partial charge in [-0.15, -0.1) is 0 Å². The number of carbonyl (C=O) groups excluding carboxylic acids is 1. The fourth-order valence-electron chi connectivity index (χ4n) is 1.33. The van der Waals surface area contributed by atoms with Gasteiger partial charge in [-0.1, -0.05) is 0 Å². The summed E-state index contributed by atoms with van der Waals surface area (Å²) in [6, 6.07) is 0.00563. The fraction of sp³-hybridized carbons (Fsp3) is 0.818. The van der Waals surface area contributed by atoms with Crippen molar-refractivity contribution in [3.8, 4) is 0 Å². The first-order valence-electron chi connectivity index (χ1n) is 5.77. The first-order valence-corrected chi connectivity index (χ1v) is 5.77. The van der Waals surface area contributed by atoms with Crippen LogP contribution in [0.15, 0.2) is 0 Å². The van der Waals surface area contributed by atoms with Gasteiger partial charge in [0.25, 0.3) is 0 Å². The van der Waals surface area contributed by atoms with E-state index >= 15 is 0 Å². The van der Waals surface area contributed by atoms with E-state index in [1.807, 2.05) is 6.92 Å². The highest BCUT2D eigenvalue weighted by molar-refractivity contribution is 5.78. The summed E-state index contributed by atoms with van der Waals surface area (Å²) < 4.78 is 4.83. The highest BCUT2D eigenvalue weighted by atomic mass is 16.5. The predicted octanol–water partition coefficient (Wildman–Crippen LogP) is -0.0180. The molecule has 0 aromatic carbocycles. The minimum atomic E-state index is -0.801. The molecule has 0 heterocycles. The van der Waals surface area contributed by atoms with Crippen molar-refractivity contribution < 1.29 is 19.4 Å². The van der Waals surface area contributed by atoms with E-state index < -0.39 is 5.97 Å². The molecule has 17 heavy (non-hydrogen) atoms. The van der Waals surface area contributed by atoms with E-state index in [1.165, 1.54) is 0 Å². The smallest absolute Gasteiger partial charge is 0.303 e. The predicted molar refractivity (Wildman–Crippen MR) is 63.8 cm³/mol. The summed E-state index contributed by atoms with van der Waals surface area (Å²) in [5, 5.41) is 14.2. The van der Waals surface area contributed by atoms with Crippen LogP contribution in [0.2, 0.25) is 0 Å². The first-order chi connectivity index (χ1) is 8.06. The second-order valence-electron chi connectivity index (χ2n) is 3.92. The number of rotatable bonds is 10. The van der Waals surface area contributed by atoms with Crippen LogP contribution >= 0.6 is 0 Å². The molecule has 0 aliphatic rings. The molecule has 0 aromatic heterocycles. The zero-order valence-electron chi connectivity index (χ0n) is 10.5. The highest BCUT2D eigenvalue weighted by Crippen LogP contribution is 1.99. The molecule has 0 aliphatic heterocycles. The second-order valence-corrected chi connectivity index (χ2v) is 3.92. The molecule has 0 bridgehead atoms. The topological polar surface area (TPSA) is 87.7 Å². The van der Waals surface area contributed by atoms with Gasteiger partial charge >= 0.3 is 5.97 Å². The van der Waals surface area contributed by atoms with E-state index in [9.17, 15) is 9.59 Å². The molecule has 0 fully saturated rings. The molecule has 0 saturated carbocycles. The van der Waals surface area contributed by atoms with Gasteiger partial charge in [-0.3, -0.25) is 9.59 Å². The van der Waals surface area contributed by atoms with Crippen molar-refractivity contribution in [3.05, 3.63) is 0 Å². The minimum absolute atomic E-state index is 0.00563. The average Bonchev–Trinajstić information content (AvgIpc) is 2.23. The van der Waals surface area contributed by atoms with Gasteiger partial charge in [-0.05, 0) is 19.8 Å². The lowest BCUT2D eigenvalue weighted by molar-refractivity contribution is -0.137. The van der Waals surface area contributed by atoms with Gasteiger partial charge in [0.1, 0.15) is 0 Å². The Kier molecular flexibility index (Phi) is 9.37. The van der Waals surface area contributed by atoms with Crippen LogP contribution in [0.3, 0.4) is 0 Å². The molecule has 0 rings (SSSR count). The van der Waals surface area contributed by atoms with Crippen molar-refractivity contribution in [2.45, 2.75) is 32.2 Å². The Morgan fingerprint density at radius 1 is 1.41 bits per heavy atom. The Labute approximate surface area is 102 Å². The van der Waals surface area contributed by atoms with Crippen molar-refractivity contribution in [3.63, 3.8) is 0 Å². The van der Waals surface area contributed by atoms with E-state index in [1.54, 1.807) is 7.11 Å². The molecule has 1 atom stereocenters. The van der Waals surface area contributed by atoms with Crippen LogP contribution in [0.5, 0.6) is 0 Å². The molecule has 0 aliphatic carbocycles. The van der Waals surface area contributed by atoms with Crippen LogP contribution in [0.25, 0.3) is 0 Å². The van der Waals surface area contributed by atoms with Gasteiger partial charge in [0.2, 0.25) is 5.91 Å². The molecule has 6 heteroatoms. The van der Waals surface area contributed by atoms with E-state index in [-0.39, 0.29) is 24.9 Å². The average molecular weight is 246 g/mol. The van der Waals surface area contributed by atoms with Gasteiger partial charge in [-0.2, -0.15) is 0 Å². The Hall–Kier alpha value is -1.14. The summed E-state index contributed by atoms with van der Waals surface area (Å²) in [6.07, 6.45) is 1.40. The summed E-state index contributed by atoms with van der Waals surface area (Å²) in [5.41, 5.74) is 0. The van der Waals surface area contributed by atoms with Crippen LogP contribution in [-0.2, 0) is 14.3 Å². The first kappa shape index (κ1) is 15.9. The molecule has 0 aromatic rings. The standard InChI is InChI=1S/C11H22N2O4/c1-9(4-3-5-11(15)16)13-10(14)8-12-6-7-17-2/h9,12H,3-8H2,1-2H3,(H,13,14)(H,15,16). The molecule has 0 spiro atoms. The molecule has 0 saturated heterocycles. The zero-order valence-corrected chi connectivity index (χ0v) is 10.5. The molecule has 6 nitrogen and oxygen atoms in total. The van der Waals surface area contributed by atoms with Crippen LogP contribution in [-0.4, -0.2) is 49.8 Å². The van der Waals surface area contributed by atoms with E-state index in [4.69, 9.17) is 9.84 Å². The highest BCUT2D eigenvalue weighted by Gasteiger charge is 2.07. The van der Waals surface area contributed by atoms with E-state index in [0.29, 0.717) is 26.0 Å². The second kappa shape index (κ2) is 10.0. The van der Waals surface area contributed by atoms with Gasteiger partial charge in [-0.25, -0.2) is 0 Å². The van der Waals surface area contributed by atoms with Crippen LogP contribution in [0.1, 0.15) is 26.2 Å². The summed E-state index contributed by atoms with van der Waals surface area (Å²) in [4.78, 5) is 21.7. The summed E-state index contributed by atoms with van der Waals surface area (Å²) >= 11 is 0. The van der Waals surface area contributed by atoms with E-state index in [0.717, 1.165) is 0 Å². The number of carboxylic acid groups (broad SMARTS) is 1. The van der Waals surface area contributed by atoms with Crippen LogP contribution in [0, 0.1) is 0 Å². The number of methoxy groups -OCH3 is 1. The maximum absolute atomic E-state index is 11.4.